The molecule has 0 spiro atoms. The fraction of sp³-hybridized carbons (Fsp3) is 0.500. The molecule has 0 bridgehead atoms. The minimum atomic E-state index is -0.451. The lowest BCUT2D eigenvalue weighted by molar-refractivity contribution is 0.475. The molecule has 7 aromatic rings. The van der Waals surface area contributed by atoms with E-state index in [-0.39, 0.29) is 51.1 Å². The third-order valence-electron chi connectivity index (χ3n) is 16.5. The van der Waals surface area contributed by atoms with Gasteiger partial charge in [0.25, 0.3) is 0 Å². The summed E-state index contributed by atoms with van der Waals surface area (Å²) in [6.45, 7) is 48.6. The van der Waals surface area contributed by atoms with E-state index < -0.39 is 23.3 Å². The van der Waals surface area contributed by atoms with Crippen molar-refractivity contribution in [3.8, 4) is 0 Å². The van der Waals surface area contributed by atoms with Crippen molar-refractivity contribution in [2.45, 2.75) is 237 Å². The molecule has 0 saturated heterocycles. The van der Waals surface area contributed by atoms with Crippen molar-refractivity contribution in [2.24, 2.45) is 41.4 Å². The Balaban J connectivity index is -0.000000967. The molecule has 0 N–H and O–H groups in total. The molecule has 5 atom stereocenters. The van der Waals surface area contributed by atoms with Crippen molar-refractivity contribution in [2.75, 3.05) is 0 Å². The second-order valence-electron chi connectivity index (χ2n) is 26.4. The van der Waals surface area contributed by atoms with Gasteiger partial charge in [0.15, 0.2) is 0 Å². The Morgan fingerprint density at radius 1 is 0.292 bits per heavy atom. The number of benzene rings is 7. The number of rotatable bonds is 16. The number of hydrogen-bond donors (Lipinski definition) is 0. The molecule has 5 unspecified atom stereocenters. The molecule has 7 rings (SSSR count). The average Bonchev–Trinajstić information content (AvgIpc) is 2.58. The van der Waals surface area contributed by atoms with Crippen LogP contribution in [0.5, 0.6) is 0 Å². The summed E-state index contributed by atoms with van der Waals surface area (Å²) in [5.74, 6) is 4.78. The highest BCUT2D eigenvalue weighted by Crippen LogP contribution is 2.31. The van der Waals surface area contributed by atoms with Gasteiger partial charge in [-0.15, -0.1) is 0 Å². The minimum absolute atomic E-state index is 0. The molecule has 0 aromatic heterocycles. The Kier molecular flexibility index (Phi) is 45.4. The van der Waals surface area contributed by atoms with E-state index in [1.165, 1.54) is 89.9 Å². The number of aryl methyl sites for hydroxylation is 2. The Bertz CT molecular complexity index is 2800. The van der Waals surface area contributed by atoms with Crippen molar-refractivity contribution in [3.05, 3.63) is 248 Å². The molecule has 5 heteroatoms. The molecule has 0 amide bonds. The van der Waals surface area contributed by atoms with Crippen molar-refractivity contribution in [1.29, 1.82) is 0 Å². The number of hydrogen-bond acceptors (Lipinski definition) is 0. The first kappa shape index (κ1) is 87.4. The van der Waals surface area contributed by atoms with Gasteiger partial charge in [-0.25, -0.2) is 22.0 Å². The van der Waals surface area contributed by atoms with E-state index in [4.69, 9.17) is 0 Å². The average molecular weight is 1230 g/mol. The van der Waals surface area contributed by atoms with Crippen LogP contribution >= 0.6 is 0 Å². The van der Waals surface area contributed by atoms with Crippen LogP contribution in [0.4, 0.5) is 22.0 Å². The third kappa shape index (κ3) is 34.3. The van der Waals surface area contributed by atoms with Crippen molar-refractivity contribution >= 4 is 0 Å². The lowest BCUT2D eigenvalue weighted by Gasteiger charge is -2.20. The Morgan fingerprint density at radius 3 is 0.899 bits per heavy atom. The molecule has 0 saturated carbocycles. The van der Waals surface area contributed by atoms with Crippen LogP contribution in [-0.2, 0) is 12.8 Å². The molecular weight excluding hydrogens is 1100 g/mol. The molecule has 0 aliphatic heterocycles. The predicted octanol–water partition coefficient (Wildman–Crippen LogP) is 27.6. The Morgan fingerprint density at radius 2 is 0.573 bits per heavy atom. The first-order valence-corrected chi connectivity index (χ1v) is 32.2. The summed E-state index contributed by atoms with van der Waals surface area (Å²) < 4.78 is 65.8. The maximum atomic E-state index is 13.4. The van der Waals surface area contributed by atoms with E-state index >= 15 is 0 Å². The first-order valence-electron chi connectivity index (χ1n) is 32.2. The highest BCUT2D eigenvalue weighted by Gasteiger charge is 2.18. The van der Waals surface area contributed by atoms with Crippen LogP contribution in [0.15, 0.2) is 158 Å². The molecule has 0 aliphatic rings. The molecule has 498 valence electrons. The summed E-state index contributed by atoms with van der Waals surface area (Å²) in [6.07, 6.45) is 4.41. The van der Waals surface area contributed by atoms with Gasteiger partial charge in [0.05, 0.1) is 0 Å². The van der Waals surface area contributed by atoms with Crippen LogP contribution in [0.3, 0.4) is 0 Å². The fourth-order valence-corrected chi connectivity index (χ4v) is 9.76. The summed E-state index contributed by atoms with van der Waals surface area (Å²) in [4.78, 5) is 0. The maximum absolute atomic E-state index is 13.4. The number of halogens is 5. The van der Waals surface area contributed by atoms with E-state index in [0.717, 1.165) is 47.6 Å². The predicted molar refractivity (Wildman–Crippen MR) is 387 cm³/mol. The van der Waals surface area contributed by atoms with Gasteiger partial charge in [0.2, 0.25) is 0 Å². The van der Waals surface area contributed by atoms with Crippen LogP contribution < -0.4 is 0 Å². The first-order chi connectivity index (χ1) is 40.3. The van der Waals surface area contributed by atoms with Gasteiger partial charge in [-0.05, 0) is 200 Å². The Hall–Kier alpha value is -5.81. The smallest absolute Gasteiger partial charge is 0.129 e. The van der Waals surface area contributed by atoms with Gasteiger partial charge in [0, 0.05) is 11.1 Å². The molecule has 7 aromatic carbocycles. The standard InChI is InChI=1S/C13H18F2.C12H16F2.C12H17F.C12H18.2C11H16.C10H14.3CH4/c1-5-11(8(2)3)10-6-12(14)9(4)13(15)7-10;1-7(2)8(3)10-5-11(13)9(4)12(14)6-10;1-4-12(9(2)3)10-5-7-11(13)8-6-10;1-9(2)11(4)12-7-5-10(3)6-8-12;1-9(2)8-11-6-4-10(3)5-7-11;1-9(2)10(3)11-7-5-4-6-8-11;1-9(2)8-10-6-4-3-5-7-10;;;/h6-8,11H,5H2,1-4H3;5-8H,1-4H3;5-9,12H,4H2,1-3H3;5-9,11H,1-4H3;4-7,9H,8H2,1-3H3;4-10H,1-3H3;3-7,9H,8H2,1-2H3;3*1H4. The zero-order chi connectivity index (χ0) is 65.4. The van der Waals surface area contributed by atoms with E-state index in [0.29, 0.717) is 35.5 Å². The van der Waals surface area contributed by atoms with E-state index in [1.807, 2.05) is 39.8 Å². The van der Waals surface area contributed by atoms with E-state index in [1.54, 1.807) is 12.1 Å². The Labute approximate surface area is 545 Å². The van der Waals surface area contributed by atoms with Gasteiger partial charge in [0.1, 0.15) is 29.1 Å². The molecule has 0 heterocycles. The van der Waals surface area contributed by atoms with Crippen LogP contribution in [-0.4, -0.2) is 0 Å². The molecule has 0 aliphatic carbocycles. The normalized spacial score (nSPS) is 12.2. The summed E-state index contributed by atoms with van der Waals surface area (Å²) in [7, 11) is 0. The highest BCUT2D eigenvalue weighted by atomic mass is 19.1. The monoisotopic (exact) mass is 1230 g/mol. The molecule has 0 fully saturated rings. The van der Waals surface area contributed by atoms with Crippen molar-refractivity contribution in [1.82, 2.24) is 0 Å². The maximum Gasteiger partial charge on any atom is 0.129 e. The second kappa shape index (κ2) is 46.3. The summed E-state index contributed by atoms with van der Waals surface area (Å²) in [5, 5.41) is 0. The highest BCUT2D eigenvalue weighted by molar-refractivity contribution is 5.30. The quantitative estimate of drug-likeness (QED) is 0.0846. The second-order valence-corrected chi connectivity index (χ2v) is 26.4. The summed E-state index contributed by atoms with van der Waals surface area (Å²) in [5.41, 5.74) is 11.4. The van der Waals surface area contributed by atoms with Gasteiger partial charge < -0.3 is 0 Å². The zero-order valence-electron chi connectivity index (χ0n) is 57.7. The van der Waals surface area contributed by atoms with Crippen LogP contribution in [0.1, 0.15) is 257 Å². The lowest BCUT2D eigenvalue weighted by atomic mass is 9.86. The van der Waals surface area contributed by atoms with Crippen LogP contribution in [0, 0.1) is 98.2 Å². The molecule has 0 radical (unpaired) electrons. The summed E-state index contributed by atoms with van der Waals surface area (Å²) >= 11 is 0. The van der Waals surface area contributed by atoms with Gasteiger partial charge in [-0.2, -0.15) is 0 Å². The van der Waals surface area contributed by atoms with E-state index in [9.17, 15) is 22.0 Å². The molecule has 0 nitrogen and oxygen atoms in total. The molecular formula is C84H127F5. The SMILES string of the molecule is C.C.C.CC(C)C(C)c1ccccc1.CC(C)Cc1ccccc1.CCC(c1cc(F)c(C)c(F)c1)C(C)C.CCC(c1ccc(F)cc1)C(C)C.Cc1c(F)cc(C(C)C(C)C)cc1F.Cc1ccc(C(C)C(C)C)cc1.Cc1ccc(CC(C)C)cc1. The van der Waals surface area contributed by atoms with Gasteiger partial charge in [-0.3, -0.25) is 0 Å². The van der Waals surface area contributed by atoms with Crippen LogP contribution in [0.2, 0.25) is 0 Å². The fourth-order valence-electron chi connectivity index (χ4n) is 9.76. The minimum Gasteiger partial charge on any atom is -0.207 e. The zero-order valence-corrected chi connectivity index (χ0v) is 57.7. The van der Waals surface area contributed by atoms with Crippen molar-refractivity contribution < 1.29 is 22.0 Å². The summed E-state index contributed by atoms with van der Waals surface area (Å²) in [6, 6.07) is 51.6. The van der Waals surface area contributed by atoms with Gasteiger partial charge in [-0.1, -0.05) is 286 Å². The molecule has 89 heavy (non-hydrogen) atoms. The third-order valence-corrected chi connectivity index (χ3v) is 16.5. The van der Waals surface area contributed by atoms with E-state index in [2.05, 4.69) is 227 Å². The lowest BCUT2D eigenvalue weighted by Crippen LogP contribution is -2.07. The van der Waals surface area contributed by atoms with Crippen LogP contribution in [0.25, 0.3) is 0 Å². The van der Waals surface area contributed by atoms with Crippen molar-refractivity contribution in [3.63, 3.8) is 0 Å². The topological polar surface area (TPSA) is 0 Å². The van der Waals surface area contributed by atoms with Gasteiger partial charge >= 0.3 is 0 Å². The largest absolute Gasteiger partial charge is 0.207 e.